The van der Waals surface area contributed by atoms with Crippen molar-refractivity contribution in [3.05, 3.63) is 12.4 Å². The zero-order chi connectivity index (χ0) is 13.7. The first-order valence-electron chi connectivity index (χ1n) is 6.81. The Bertz CT molecular complexity index is 431. The van der Waals surface area contributed by atoms with E-state index in [0.717, 1.165) is 31.0 Å². The summed E-state index contributed by atoms with van der Waals surface area (Å²) in [4.78, 5) is 21.7. The van der Waals surface area contributed by atoms with E-state index in [9.17, 15) is 4.79 Å². The molecule has 2 rings (SSSR count). The number of amides is 1. The second-order valence-electron chi connectivity index (χ2n) is 4.82. The van der Waals surface area contributed by atoms with E-state index in [-0.39, 0.29) is 12.5 Å². The van der Waals surface area contributed by atoms with Crippen molar-refractivity contribution in [2.75, 3.05) is 23.3 Å². The summed E-state index contributed by atoms with van der Waals surface area (Å²) in [5.74, 6) is 1.23. The minimum Gasteiger partial charge on any atom is -0.370 e. The molecule has 0 radical (unpaired) electrons. The van der Waals surface area contributed by atoms with Gasteiger partial charge in [0.1, 0.15) is 18.0 Å². The highest BCUT2D eigenvalue weighted by Crippen LogP contribution is 2.27. The number of rotatable bonds is 6. The number of hydrogen-bond acceptors (Lipinski definition) is 5. The summed E-state index contributed by atoms with van der Waals surface area (Å²) in [6, 6.07) is 2.24. The number of carbonyl (C=O) groups is 1. The Kier molecular flexibility index (Phi) is 4.54. The van der Waals surface area contributed by atoms with Crippen LogP contribution in [0.15, 0.2) is 12.4 Å². The van der Waals surface area contributed by atoms with Gasteiger partial charge in [-0.15, -0.1) is 0 Å². The van der Waals surface area contributed by atoms with Gasteiger partial charge in [-0.2, -0.15) is 0 Å². The number of hydrogen-bond donors (Lipinski definition) is 2. The SMILES string of the molecule is CCNc1cc(N(CC(N)=O)C2CCCC2)ncn1. The number of nitrogens with zero attached hydrogens (tertiary/aromatic N) is 3. The molecule has 1 heterocycles. The number of nitrogens with one attached hydrogen (secondary N) is 1. The van der Waals surface area contributed by atoms with Gasteiger partial charge in [0.15, 0.2) is 0 Å². The topological polar surface area (TPSA) is 84.1 Å². The first-order chi connectivity index (χ1) is 9.20. The summed E-state index contributed by atoms with van der Waals surface area (Å²) in [5, 5.41) is 3.15. The maximum Gasteiger partial charge on any atom is 0.237 e. The first kappa shape index (κ1) is 13.6. The van der Waals surface area contributed by atoms with Gasteiger partial charge < -0.3 is 16.0 Å². The maximum absolute atomic E-state index is 11.3. The Balaban J connectivity index is 2.20. The summed E-state index contributed by atoms with van der Waals surface area (Å²) in [6.45, 7) is 3.03. The molecule has 104 valence electrons. The van der Waals surface area contributed by atoms with Gasteiger partial charge >= 0.3 is 0 Å². The zero-order valence-electron chi connectivity index (χ0n) is 11.3. The van der Waals surface area contributed by atoms with Crippen LogP contribution in [-0.4, -0.2) is 35.0 Å². The fourth-order valence-corrected chi connectivity index (χ4v) is 2.56. The molecule has 6 heteroatoms. The smallest absolute Gasteiger partial charge is 0.237 e. The highest BCUT2D eigenvalue weighted by molar-refractivity contribution is 5.79. The van der Waals surface area contributed by atoms with Crippen LogP contribution in [0.1, 0.15) is 32.6 Å². The van der Waals surface area contributed by atoms with E-state index < -0.39 is 0 Å². The average Bonchev–Trinajstić information content (AvgIpc) is 2.90. The maximum atomic E-state index is 11.3. The highest BCUT2D eigenvalue weighted by Gasteiger charge is 2.25. The van der Waals surface area contributed by atoms with E-state index in [2.05, 4.69) is 15.3 Å². The van der Waals surface area contributed by atoms with Crippen molar-refractivity contribution < 1.29 is 4.79 Å². The molecule has 0 aliphatic heterocycles. The lowest BCUT2D eigenvalue weighted by Crippen LogP contribution is -2.40. The Labute approximate surface area is 113 Å². The normalized spacial score (nSPS) is 15.4. The molecule has 1 fully saturated rings. The van der Waals surface area contributed by atoms with Crippen LogP contribution in [0, 0.1) is 0 Å². The molecule has 0 atom stereocenters. The number of anilines is 2. The molecule has 0 bridgehead atoms. The van der Waals surface area contributed by atoms with Crippen LogP contribution in [-0.2, 0) is 4.79 Å². The third-order valence-corrected chi connectivity index (χ3v) is 3.40. The minimum atomic E-state index is -0.324. The minimum absolute atomic E-state index is 0.216. The van der Waals surface area contributed by atoms with E-state index in [1.54, 1.807) is 0 Å². The third-order valence-electron chi connectivity index (χ3n) is 3.40. The van der Waals surface area contributed by atoms with Crippen LogP contribution in [0.25, 0.3) is 0 Å². The summed E-state index contributed by atoms with van der Waals surface area (Å²) in [7, 11) is 0. The van der Waals surface area contributed by atoms with E-state index in [1.807, 2.05) is 17.9 Å². The molecule has 1 aromatic heterocycles. The van der Waals surface area contributed by atoms with Crippen LogP contribution in [0.3, 0.4) is 0 Å². The second-order valence-corrected chi connectivity index (χ2v) is 4.82. The molecule has 3 N–H and O–H groups in total. The Morgan fingerprint density at radius 2 is 2.21 bits per heavy atom. The van der Waals surface area contributed by atoms with Crippen molar-refractivity contribution in [1.29, 1.82) is 0 Å². The molecule has 1 saturated carbocycles. The monoisotopic (exact) mass is 263 g/mol. The van der Waals surface area contributed by atoms with Gasteiger partial charge in [0.25, 0.3) is 0 Å². The van der Waals surface area contributed by atoms with Crippen molar-refractivity contribution in [3.8, 4) is 0 Å². The van der Waals surface area contributed by atoms with E-state index in [1.165, 1.54) is 19.2 Å². The quantitative estimate of drug-likeness (QED) is 0.804. The van der Waals surface area contributed by atoms with Crippen LogP contribution in [0.2, 0.25) is 0 Å². The molecule has 0 saturated heterocycles. The van der Waals surface area contributed by atoms with Crippen molar-refractivity contribution >= 4 is 17.5 Å². The molecular weight excluding hydrogens is 242 g/mol. The number of primary amides is 1. The lowest BCUT2D eigenvalue weighted by molar-refractivity contribution is -0.116. The van der Waals surface area contributed by atoms with Gasteiger partial charge in [-0.3, -0.25) is 4.79 Å². The first-order valence-corrected chi connectivity index (χ1v) is 6.81. The summed E-state index contributed by atoms with van der Waals surface area (Å²) >= 11 is 0. The van der Waals surface area contributed by atoms with Gasteiger partial charge in [-0.1, -0.05) is 12.8 Å². The Morgan fingerprint density at radius 3 is 2.84 bits per heavy atom. The van der Waals surface area contributed by atoms with Gasteiger partial charge in [0.05, 0.1) is 6.54 Å². The standard InChI is InChI=1S/C13H21N5O/c1-2-15-12-7-13(17-9-16-12)18(8-11(14)19)10-5-3-4-6-10/h7,9-10H,2-6,8H2,1H3,(H2,14,19)(H,15,16,17). The number of aromatic nitrogens is 2. The van der Waals surface area contributed by atoms with Gasteiger partial charge in [0.2, 0.25) is 5.91 Å². The Morgan fingerprint density at radius 1 is 1.47 bits per heavy atom. The summed E-state index contributed by atoms with van der Waals surface area (Å²) in [5.41, 5.74) is 5.36. The Hall–Kier alpha value is -1.85. The second kappa shape index (κ2) is 6.36. The van der Waals surface area contributed by atoms with Crippen LogP contribution in [0.4, 0.5) is 11.6 Å². The lowest BCUT2D eigenvalue weighted by atomic mass is 10.2. The van der Waals surface area contributed by atoms with Crippen molar-refractivity contribution in [2.24, 2.45) is 5.73 Å². The van der Waals surface area contributed by atoms with Gasteiger partial charge in [-0.05, 0) is 19.8 Å². The van der Waals surface area contributed by atoms with E-state index in [4.69, 9.17) is 5.73 Å². The molecule has 1 aliphatic carbocycles. The number of carbonyl (C=O) groups excluding carboxylic acids is 1. The number of nitrogens with two attached hydrogens (primary N) is 1. The molecule has 1 amide bonds. The zero-order valence-corrected chi connectivity index (χ0v) is 11.3. The van der Waals surface area contributed by atoms with Crippen molar-refractivity contribution in [1.82, 2.24) is 9.97 Å². The molecule has 6 nitrogen and oxygen atoms in total. The highest BCUT2D eigenvalue weighted by atomic mass is 16.1. The van der Waals surface area contributed by atoms with Crippen LogP contribution < -0.4 is 16.0 Å². The lowest BCUT2D eigenvalue weighted by Gasteiger charge is -2.28. The fourth-order valence-electron chi connectivity index (χ4n) is 2.56. The predicted molar refractivity (Wildman–Crippen MR) is 75.0 cm³/mol. The third kappa shape index (κ3) is 3.56. The molecule has 19 heavy (non-hydrogen) atoms. The van der Waals surface area contributed by atoms with Crippen molar-refractivity contribution in [3.63, 3.8) is 0 Å². The van der Waals surface area contributed by atoms with E-state index in [0.29, 0.717) is 6.04 Å². The van der Waals surface area contributed by atoms with Crippen LogP contribution in [0.5, 0.6) is 0 Å². The van der Waals surface area contributed by atoms with Crippen LogP contribution >= 0.6 is 0 Å². The molecule has 0 spiro atoms. The fraction of sp³-hybridized carbons (Fsp3) is 0.615. The summed E-state index contributed by atoms with van der Waals surface area (Å²) in [6.07, 6.45) is 6.11. The summed E-state index contributed by atoms with van der Waals surface area (Å²) < 4.78 is 0. The average molecular weight is 263 g/mol. The molecular formula is C13H21N5O. The van der Waals surface area contributed by atoms with Crippen molar-refractivity contribution in [2.45, 2.75) is 38.6 Å². The molecule has 0 unspecified atom stereocenters. The van der Waals surface area contributed by atoms with Gasteiger partial charge in [0, 0.05) is 18.7 Å². The molecule has 1 aromatic rings. The molecule has 0 aromatic carbocycles. The molecule has 1 aliphatic rings. The van der Waals surface area contributed by atoms with Gasteiger partial charge in [-0.25, -0.2) is 9.97 Å². The largest absolute Gasteiger partial charge is 0.370 e. The predicted octanol–water partition coefficient (Wildman–Crippen LogP) is 1.14. The van der Waals surface area contributed by atoms with E-state index >= 15 is 0 Å².